The van der Waals surface area contributed by atoms with Crippen LogP contribution in [0.2, 0.25) is 0 Å². The fourth-order valence-corrected chi connectivity index (χ4v) is 1.62. The SMILES string of the molecule is CN(CC(=O)c1cccc(F)c1)C1CC1. The second-order valence-corrected chi connectivity index (χ2v) is 4.08. The minimum Gasteiger partial charge on any atom is -0.296 e. The van der Waals surface area contributed by atoms with Gasteiger partial charge in [-0.15, -0.1) is 0 Å². The van der Waals surface area contributed by atoms with Gasteiger partial charge in [0.2, 0.25) is 0 Å². The average Bonchev–Trinajstić information content (AvgIpc) is 3.00. The highest BCUT2D eigenvalue weighted by atomic mass is 19.1. The summed E-state index contributed by atoms with van der Waals surface area (Å²) in [7, 11) is 1.94. The first-order valence-electron chi connectivity index (χ1n) is 5.16. The molecule has 0 aliphatic heterocycles. The molecule has 0 bridgehead atoms. The second kappa shape index (κ2) is 4.11. The molecular weight excluding hydrogens is 193 g/mol. The highest BCUT2D eigenvalue weighted by Crippen LogP contribution is 2.25. The van der Waals surface area contributed by atoms with Crippen LogP contribution >= 0.6 is 0 Å². The molecule has 15 heavy (non-hydrogen) atoms. The molecule has 0 unspecified atom stereocenters. The van der Waals surface area contributed by atoms with Crippen molar-refractivity contribution in [3.8, 4) is 0 Å². The maximum absolute atomic E-state index is 12.9. The average molecular weight is 207 g/mol. The lowest BCUT2D eigenvalue weighted by Gasteiger charge is -2.14. The van der Waals surface area contributed by atoms with E-state index in [1.54, 1.807) is 12.1 Å². The first-order valence-corrected chi connectivity index (χ1v) is 5.16. The van der Waals surface area contributed by atoms with Gasteiger partial charge in [-0.05, 0) is 32.0 Å². The van der Waals surface area contributed by atoms with Crippen molar-refractivity contribution in [1.29, 1.82) is 0 Å². The second-order valence-electron chi connectivity index (χ2n) is 4.08. The smallest absolute Gasteiger partial charge is 0.176 e. The molecule has 2 nitrogen and oxygen atoms in total. The summed E-state index contributed by atoms with van der Waals surface area (Å²) >= 11 is 0. The third-order valence-electron chi connectivity index (χ3n) is 2.71. The van der Waals surface area contributed by atoms with E-state index < -0.39 is 0 Å². The molecule has 80 valence electrons. The molecule has 1 saturated carbocycles. The van der Waals surface area contributed by atoms with Crippen molar-refractivity contribution >= 4 is 5.78 Å². The van der Waals surface area contributed by atoms with E-state index in [1.165, 1.54) is 25.0 Å². The molecule has 0 atom stereocenters. The lowest BCUT2D eigenvalue weighted by molar-refractivity contribution is 0.0942. The first-order chi connectivity index (χ1) is 7.16. The van der Waals surface area contributed by atoms with Crippen LogP contribution in [0.15, 0.2) is 24.3 Å². The van der Waals surface area contributed by atoms with Gasteiger partial charge >= 0.3 is 0 Å². The molecule has 0 saturated heterocycles. The number of hydrogen-bond donors (Lipinski definition) is 0. The number of hydrogen-bond acceptors (Lipinski definition) is 2. The Hall–Kier alpha value is -1.22. The summed E-state index contributed by atoms with van der Waals surface area (Å²) < 4.78 is 12.9. The molecule has 1 aliphatic rings. The number of carbonyl (C=O) groups is 1. The van der Waals surface area contributed by atoms with Gasteiger partial charge in [0.15, 0.2) is 5.78 Å². The number of nitrogens with zero attached hydrogens (tertiary/aromatic N) is 1. The van der Waals surface area contributed by atoms with Crippen molar-refractivity contribution in [2.45, 2.75) is 18.9 Å². The van der Waals surface area contributed by atoms with Crippen LogP contribution in [0.5, 0.6) is 0 Å². The molecule has 0 aromatic heterocycles. The summed E-state index contributed by atoms with van der Waals surface area (Å²) in [6.45, 7) is 0.383. The van der Waals surface area contributed by atoms with Crippen LogP contribution in [-0.4, -0.2) is 30.3 Å². The number of rotatable bonds is 4. The van der Waals surface area contributed by atoms with Gasteiger partial charge < -0.3 is 0 Å². The van der Waals surface area contributed by atoms with Crippen molar-refractivity contribution in [1.82, 2.24) is 4.90 Å². The van der Waals surface area contributed by atoms with Crippen LogP contribution in [-0.2, 0) is 0 Å². The number of halogens is 1. The molecule has 1 aromatic carbocycles. The fraction of sp³-hybridized carbons (Fsp3) is 0.417. The van der Waals surface area contributed by atoms with Crippen molar-refractivity contribution in [2.75, 3.05) is 13.6 Å². The number of Topliss-reactive ketones (excluding diaryl/α,β-unsaturated/α-hetero) is 1. The van der Waals surface area contributed by atoms with E-state index in [0.717, 1.165) is 0 Å². The van der Waals surface area contributed by atoms with Crippen molar-refractivity contribution in [2.24, 2.45) is 0 Å². The minimum absolute atomic E-state index is 0.0103. The third kappa shape index (κ3) is 2.63. The number of ketones is 1. The highest BCUT2D eigenvalue weighted by Gasteiger charge is 2.27. The Bertz CT molecular complexity index is 374. The molecule has 0 amide bonds. The summed E-state index contributed by atoms with van der Waals surface area (Å²) in [6.07, 6.45) is 2.35. The summed E-state index contributed by atoms with van der Waals surface area (Å²) in [6, 6.07) is 6.43. The van der Waals surface area contributed by atoms with Crippen molar-refractivity contribution in [3.05, 3.63) is 35.6 Å². The van der Waals surface area contributed by atoms with Gasteiger partial charge in [-0.25, -0.2) is 4.39 Å². The fourth-order valence-electron chi connectivity index (χ4n) is 1.62. The topological polar surface area (TPSA) is 20.3 Å². The van der Waals surface area contributed by atoms with E-state index in [1.807, 2.05) is 11.9 Å². The Morgan fingerprint density at radius 2 is 2.27 bits per heavy atom. The van der Waals surface area contributed by atoms with Crippen LogP contribution in [0.1, 0.15) is 23.2 Å². The summed E-state index contributed by atoms with van der Waals surface area (Å²) in [4.78, 5) is 13.8. The van der Waals surface area contributed by atoms with E-state index in [-0.39, 0.29) is 11.6 Å². The summed E-state index contributed by atoms with van der Waals surface area (Å²) in [5, 5.41) is 0. The summed E-state index contributed by atoms with van der Waals surface area (Å²) in [5.74, 6) is -0.362. The molecule has 1 aliphatic carbocycles. The van der Waals surface area contributed by atoms with Crippen LogP contribution in [0, 0.1) is 5.82 Å². The van der Waals surface area contributed by atoms with Gasteiger partial charge in [0.1, 0.15) is 5.82 Å². The molecule has 1 fully saturated rings. The molecule has 0 N–H and O–H groups in total. The van der Waals surface area contributed by atoms with E-state index in [0.29, 0.717) is 18.2 Å². The molecule has 3 heteroatoms. The molecule has 1 aromatic rings. The third-order valence-corrected chi connectivity index (χ3v) is 2.71. The highest BCUT2D eigenvalue weighted by molar-refractivity contribution is 5.97. The van der Waals surface area contributed by atoms with Crippen molar-refractivity contribution < 1.29 is 9.18 Å². The molecule has 2 rings (SSSR count). The molecule has 0 radical (unpaired) electrons. The maximum Gasteiger partial charge on any atom is 0.176 e. The maximum atomic E-state index is 12.9. The van der Waals surface area contributed by atoms with Crippen LogP contribution in [0.25, 0.3) is 0 Å². The zero-order valence-corrected chi connectivity index (χ0v) is 8.74. The van der Waals surface area contributed by atoms with Crippen molar-refractivity contribution in [3.63, 3.8) is 0 Å². The minimum atomic E-state index is -0.352. The monoisotopic (exact) mass is 207 g/mol. The molecule has 0 heterocycles. The zero-order chi connectivity index (χ0) is 10.8. The van der Waals surface area contributed by atoms with Gasteiger partial charge in [0, 0.05) is 11.6 Å². The van der Waals surface area contributed by atoms with Crippen LogP contribution < -0.4 is 0 Å². The van der Waals surface area contributed by atoms with Gasteiger partial charge in [-0.2, -0.15) is 0 Å². The van der Waals surface area contributed by atoms with Gasteiger partial charge in [0.05, 0.1) is 6.54 Å². The molecular formula is C12H14FNO. The normalized spacial score (nSPS) is 15.7. The quantitative estimate of drug-likeness (QED) is 0.705. The van der Waals surface area contributed by atoms with E-state index >= 15 is 0 Å². The first kappa shape index (κ1) is 10.3. The Morgan fingerprint density at radius 1 is 1.53 bits per heavy atom. The Kier molecular flexibility index (Phi) is 2.82. The lowest BCUT2D eigenvalue weighted by Crippen LogP contribution is -2.27. The number of likely N-dealkylation sites (N-methyl/N-ethyl adjacent to an activating group) is 1. The zero-order valence-electron chi connectivity index (χ0n) is 8.74. The van der Waals surface area contributed by atoms with Crippen LogP contribution in [0.3, 0.4) is 0 Å². The Morgan fingerprint density at radius 3 is 2.87 bits per heavy atom. The molecule has 0 spiro atoms. The Labute approximate surface area is 88.7 Å². The van der Waals surface area contributed by atoms with Crippen LogP contribution in [0.4, 0.5) is 4.39 Å². The predicted octanol–water partition coefficient (Wildman–Crippen LogP) is 2.10. The van der Waals surface area contributed by atoms with E-state index in [2.05, 4.69) is 0 Å². The van der Waals surface area contributed by atoms with Gasteiger partial charge in [-0.1, -0.05) is 12.1 Å². The summed E-state index contributed by atoms with van der Waals surface area (Å²) in [5.41, 5.74) is 0.461. The van der Waals surface area contributed by atoms with Gasteiger partial charge in [-0.3, -0.25) is 9.69 Å². The van der Waals surface area contributed by atoms with E-state index in [9.17, 15) is 9.18 Å². The largest absolute Gasteiger partial charge is 0.296 e. The predicted molar refractivity (Wildman–Crippen MR) is 56.4 cm³/mol. The standard InChI is InChI=1S/C12H14FNO/c1-14(11-5-6-11)8-12(15)9-3-2-4-10(13)7-9/h2-4,7,11H,5-6,8H2,1H3. The Balaban J connectivity index is 2.00. The van der Waals surface area contributed by atoms with Gasteiger partial charge in [0.25, 0.3) is 0 Å². The number of carbonyl (C=O) groups excluding carboxylic acids is 1. The van der Waals surface area contributed by atoms with E-state index in [4.69, 9.17) is 0 Å². The lowest BCUT2D eigenvalue weighted by atomic mass is 10.1. The number of benzene rings is 1.